The van der Waals surface area contributed by atoms with E-state index in [4.69, 9.17) is 26.4 Å². The predicted molar refractivity (Wildman–Crippen MR) is 180 cm³/mol. The molecule has 0 saturated carbocycles. The van der Waals surface area contributed by atoms with Crippen molar-refractivity contribution in [3.05, 3.63) is 64.7 Å². The number of hydrogen-bond donors (Lipinski definition) is 1. The number of piperazine rings is 1. The van der Waals surface area contributed by atoms with Crippen LogP contribution in [-0.4, -0.2) is 69.1 Å². The molecule has 1 aliphatic heterocycles. The van der Waals surface area contributed by atoms with Gasteiger partial charge in [0.25, 0.3) is 0 Å². The zero-order valence-electron chi connectivity index (χ0n) is 26.0. The summed E-state index contributed by atoms with van der Waals surface area (Å²) in [5.74, 6) is -0.0264. The topological polar surface area (TPSA) is 83.7 Å². The van der Waals surface area contributed by atoms with Crippen LogP contribution in [0.4, 0.5) is 5.82 Å². The van der Waals surface area contributed by atoms with Crippen molar-refractivity contribution >= 4 is 55.8 Å². The minimum Gasteiger partial charge on any atom is -0.479 e. The van der Waals surface area contributed by atoms with Crippen molar-refractivity contribution in [2.75, 3.05) is 37.6 Å². The van der Waals surface area contributed by atoms with Crippen LogP contribution in [0.2, 0.25) is 5.02 Å². The Kier molecular flexibility index (Phi) is 8.17. The summed E-state index contributed by atoms with van der Waals surface area (Å²) >= 11 is 7.83. The molecule has 230 valence electrons. The van der Waals surface area contributed by atoms with Gasteiger partial charge in [-0.05, 0) is 81.8 Å². The molecule has 0 spiro atoms. The third kappa shape index (κ3) is 5.81. The molecular weight excluding hydrogens is 594 g/mol. The molecule has 2 aromatic heterocycles. The Morgan fingerprint density at radius 1 is 1.07 bits per heavy atom. The molecule has 0 bridgehead atoms. The smallest absolute Gasteiger partial charge is 0.337 e. The van der Waals surface area contributed by atoms with E-state index in [1.807, 2.05) is 69.8 Å². The van der Waals surface area contributed by atoms with Gasteiger partial charge in [-0.2, -0.15) is 5.10 Å². The molecule has 3 aromatic carbocycles. The van der Waals surface area contributed by atoms with Gasteiger partial charge in [-0.25, -0.2) is 9.78 Å². The quantitative estimate of drug-likeness (QED) is 0.198. The number of hydrogen-bond acceptors (Lipinski definition) is 7. The number of likely N-dealkylation sites (N-methyl/N-ethyl adjacent to an activating group) is 1. The summed E-state index contributed by atoms with van der Waals surface area (Å²) in [6.07, 6.45) is -1.15. The highest BCUT2D eigenvalue weighted by molar-refractivity contribution is 7.22. The number of ether oxygens (including phenoxy) is 1. The summed E-state index contributed by atoms with van der Waals surface area (Å²) in [6, 6.07) is 15.9. The van der Waals surface area contributed by atoms with Crippen molar-refractivity contribution in [3.63, 3.8) is 0 Å². The second kappa shape index (κ2) is 11.8. The molecule has 6 rings (SSSR count). The number of aromatic nitrogens is 3. The van der Waals surface area contributed by atoms with E-state index >= 15 is 0 Å². The van der Waals surface area contributed by atoms with Crippen LogP contribution in [0, 0.1) is 6.92 Å². The number of fused-ring (bicyclic) bond motifs is 2. The number of carbonyl (C=O) groups is 1. The van der Waals surface area contributed by atoms with E-state index in [-0.39, 0.29) is 0 Å². The van der Waals surface area contributed by atoms with Gasteiger partial charge in [-0.3, -0.25) is 4.68 Å². The van der Waals surface area contributed by atoms with Gasteiger partial charge in [0.1, 0.15) is 5.01 Å². The van der Waals surface area contributed by atoms with Gasteiger partial charge in [0.15, 0.2) is 11.9 Å². The lowest BCUT2D eigenvalue weighted by Gasteiger charge is -2.34. The second-order valence-corrected chi connectivity index (χ2v) is 13.8. The number of aliphatic carboxylic acids is 1. The standard InChI is InChI=1S/C34H38ClN5O3S/c1-7-39-14-16-40(17-15-39)31-24-19-22(10-13-26(24)38(6)37-31)32-36-25-18-20(2)27(29(33(41)42)43-34(3,4)5)28(30(25)44-32)21-8-11-23(35)12-9-21/h8-13,18-19,29H,7,14-17H2,1-6H3,(H,41,42)/t29-/m0/s1. The molecule has 1 saturated heterocycles. The fraction of sp³-hybridized carbons (Fsp3) is 0.382. The number of halogens is 1. The van der Waals surface area contributed by atoms with E-state index in [2.05, 4.69) is 34.9 Å². The molecule has 1 atom stereocenters. The Bertz CT molecular complexity index is 1850. The Balaban J connectivity index is 1.51. The van der Waals surface area contributed by atoms with Gasteiger partial charge in [-0.1, -0.05) is 30.7 Å². The molecule has 1 aliphatic rings. The summed E-state index contributed by atoms with van der Waals surface area (Å²) < 4.78 is 9.03. The van der Waals surface area contributed by atoms with Crippen LogP contribution in [-0.2, 0) is 16.6 Å². The molecule has 8 nitrogen and oxygen atoms in total. The molecular formula is C34H38ClN5O3S. The molecule has 0 radical (unpaired) electrons. The van der Waals surface area contributed by atoms with Crippen LogP contribution in [0.3, 0.4) is 0 Å². The number of benzene rings is 3. The lowest BCUT2D eigenvalue weighted by Crippen LogP contribution is -2.46. The van der Waals surface area contributed by atoms with E-state index < -0.39 is 17.7 Å². The summed E-state index contributed by atoms with van der Waals surface area (Å²) in [5.41, 5.74) is 5.36. The van der Waals surface area contributed by atoms with Crippen molar-refractivity contribution in [2.45, 2.75) is 46.3 Å². The fourth-order valence-corrected chi connectivity index (χ4v) is 7.30. The average molecular weight is 632 g/mol. The number of anilines is 1. The van der Waals surface area contributed by atoms with Gasteiger partial charge >= 0.3 is 5.97 Å². The third-order valence-electron chi connectivity index (χ3n) is 8.22. The summed E-state index contributed by atoms with van der Waals surface area (Å²) in [4.78, 5) is 22.6. The molecule has 10 heteroatoms. The Hall–Kier alpha value is -3.50. The molecule has 5 aromatic rings. The third-order valence-corrected chi connectivity index (χ3v) is 9.61. The lowest BCUT2D eigenvalue weighted by molar-refractivity contribution is -0.160. The van der Waals surface area contributed by atoms with Crippen LogP contribution in [0.1, 0.15) is 44.9 Å². The Labute approximate surface area is 266 Å². The minimum absolute atomic E-state index is 0.613. The van der Waals surface area contributed by atoms with E-state index in [1.54, 1.807) is 11.3 Å². The van der Waals surface area contributed by atoms with Gasteiger partial charge in [-0.15, -0.1) is 11.3 Å². The molecule has 0 unspecified atom stereocenters. The van der Waals surface area contributed by atoms with Gasteiger partial charge in [0.05, 0.1) is 21.3 Å². The highest BCUT2D eigenvalue weighted by Crippen LogP contribution is 2.45. The van der Waals surface area contributed by atoms with Crippen molar-refractivity contribution in [3.8, 4) is 21.7 Å². The first-order valence-electron chi connectivity index (χ1n) is 15.0. The number of rotatable bonds is 7. The molecule has 1 N–H and O–H groups in total. The molecule has 3 heterocycles. The van der Waals surface area contributed by atoms with Gasteiger partial charge < -0.3 is 19.6 Å². The SMILES string of the molecule is CCN1CCN(c2nn(C)c3ccc(-c4nc5cc(C)c([C@H](OC(C)(C)C)C(=O)O)c(-c6ccc(Cl)cc6)c5s4)cc23)CC1. The first-order chi connectivity index (χ1) is 20.9. The first kappa shape index (κ1) is 30.5. The normalized spacial score (nSPS) is 15.4. The zero-order chi connectivity index (χ0) is 31.3. The average Bonchev–Trinajstić information content (AvgIpc) is 3.56. The highest BCUT2D eigenvalue weighted by Gasteiger charge is 2.32. The molecule has 1 fully saturated rings. The van der Waals surface area contributed by atoms with Gasteiger partial charge in [0, 0.05) is 60.3 Å². The van der Waals surface area contributed by atoms with Crippen LogP contribution < -0.4 is 4.90 Å². The number of aryl methyl sites for hydroxylation is 2. The first-order valence-corrected chi connectivity index (χ1v) is 16.2. The molecule has 0 aliphatic carbocycles. The maximum atomic E-state index is 12.7. The monoisotopic (exact) mass is 631 g/mol. The Morgan fingerprint density at radius 2 is 1.75 bits per heavy atom. The summed E-state index contributed by atoms with van der Waals surface area (Å²) in [5, 5.41) is 17.9. The largest absolute Gasteiger partial charge is 0.479 e. The molecule has 44 heavy (non-hydrogen) atoms. The number of nitrogens with zero attached hydrogens (tertiary/aromatic N) is 5. The number of thiazole rings is 1. The van der Waals surface area contributed by atoms with E-state index in [0.29, 0.717) is 10.6 Å². The second-order valence-electron chi connectivity index (χ2n) is 12.4. The van der Waals surface area contributed by atoms with Crippen LogP contribution in [0.25, 0.3) is 42.8 Å². The Morgan fingerprint density at radius 3 is 2.39 bits per heavy atom. The van der Waals surface area contributed by atoms with Crippen LogP contribution in [0.15, 0.2) is 48.5 Å². The summed E-state index contributed by atoms with van der Waals surface area (Å²) in [7, 11) is 1.99. The van der Waals surface area contributed by atoms with Crippen LogP contribution in [0.5, 0.6) is 0 Å². The number of carboxylic acids is 1. The zero-order valence-corrected chi connectivity index (χ0v) is 27.6. The van der Waals surface area contributed by atoms with Crippen molar-refractivity contribution in [1.82, 2.24) is 19.7 Å². The summed E-state index contributed by atoms with van der Waals surface area (Å²) in [6.45, 7) is 14.8. The highest BCUT2D eigenvalue weighted by atomic mass is 35.5. The van der Waals surface area contributed by atoms with Crippen molar-refractivity contribution in [2.24, 2.45) is 7.05 Å². The lowest BCUT2D eigenvalue weighted by atomic mass is 9.91. The maximum Gasteiger partial charge on any atom is 0.337 e. The fourth-order valence-electron chi connectivity index (χ4n) is 6.05. The van der Waals surface area contributed by atoms with Crippen LogP contribution >= 0.6 is 22.9 Å². The van der Waals surface area contributed by atoms with Crippen molar-refractivity contribution in [1.29, 1.82) is 0 Å². The van der Waals surface area contributed by atoms with E-state index in [1.165, 1.54) is 0 Å². The van der Waals surface area contributed by atoms with E-state index in [0.717, 1.165) is 86.9 Å². The van der Waals surface area contributed by atoms with Crippen molar-refractivity contribution < 1.29 is 14.6 Å². The number of carboxylic acid groups (broad SMARTS) is 1. The van der Waals surface area contributed by atoms with Gasteiger partial charge in [0.2, 0.25) is 0 Å². The minimum atomic E-state index is -1.15. The molecule has 0 amide bonds. The maximum absolute atomic E-state index is 12.7. The van der Waals surface area contributed by atoms with E-state index in [9.17, 15) is 9.90 Å². The predicted octanol–water partition coefficient (Wildman–Crippen LogP) is 7.56.